The first kappa shape index (κ1) is 48.0. The van der Waals surface area contributed by atoms with E-state index in [1.807, 2.05) is 27.2 Å². The van der Waals surface area contributed by atoms with Crippen LogP contribution < -0.4 is 10.2 Å². The number of hydrogen-bond acceptors (Lipinski definition) is 6. The van der Waals surface area contributed by atoms with Gasteiger partial charge in [0.25, 0.3) is 7.82 Å². The van der Waals surface area contributed by atoms with Gasteiger partial charge < -0.3 is 28.8 Å². The van der Waals surface area contributed by atoms with Crippen LogP contribution >= 0.6 is 7.82 Å². The van der Waals surface area contributed by atoms with Crippen molar-refractivity contribution >= 4 is 13.7 Å². The number of nitrogens with one attached hydrogen (secondary N) is 1. The lowest BCUT2D eigenvalue weighted by Crippen LogP contribution is -2.45. The number of quaternary nitrogens is 1. The van der Waals surface area contributed by atoms with Gasteiger partial charge >= 0.3 is 0 Å². The Kier molecular flexibility index (Phi) is 32.2. The molecule has 0 spiro atoms. The van der Waals surface area contributed by atoms with Crippen LogP contribution in [0.15, 0.2) is 24.3 Å². The minimum absolute atomic E-state index is 0.00184. The lowest BCUT2D eigenvalue weighted by Gasteiger charge is -2.29. The monoisotopic (exact) mass is 715 g/mol. The Morgan fingerprint density at radius 3 is 1.61 bits per heavy atom. The minimum Gasteiger partial charge on any atom is -0.756 e. The summed E-state index contributed by atoms with van der Waals surface area (Å²) < 4.78 is 23.1. The number of phosphoric acid groups is 1. The van der Waals surface area contributed by atoms with Gasteiger partial charge in [-0.05, 0) is 44.9 Å². The summed E-state index contributed by atoms with van der Waals surface area (Å²) in [6.07, 6.45) is 36.4. The Bertz CT molecular complexity index is 860. The van der Waals surface area contributed by atoms with Crippen LogP contribution in [-0.4, -0.2) is 68.5 Å². The average molecular weight is 715 g/mol. The van der Waals surface area contributed by atoms with Crippen LogP contribution in [0.2, 0.25) is 0 Å². The molecule has 3 unspecified atom stereocenters. The summed E-state index contributed by atoms with van der Waals surface area (Å²) in [7, 11) is 1.25. The summed E-state index contributed by atoms with van der Waals surface area (Å²) in [6.45, 7) is 4.60. The van der Waals surface area contributed by atoms with Gasteiger partial charge in [-0.3, -0.25) is 9.36 Å². The third kappa shape index (κ3) is 35.2. The lowest BCUT2D eigenvalue weighted by molar-refractivity contribution is -0.870. The van der Waals surface area contributed by atoms with Crippen LogP contribution in [0.4, 0.5) is 0 Å². The van der Waals surface area contributed by atoms with Crippen molar-refractivity contribution in [3.8, 4) is 0 Å². The molecule has 9 heteroatoms. The summed E-state index contributed by atoms with van der Waals surface area (Å²) in [5.41, 5.74) is 0. The molecule has 0 aromatic rings. The number of nitrogens with zero attached hydrogens (tertiary/aromatic N) is 1. The fourth-order valence-electron chi connectivity index (χ4n) is 5.62. The number of allylic oxidation sites excluding steroid dienone is 3. The molecular weight excluding hydrogens is 635 g/mol. The second-order valence-electron chi connectivity index (χ2n) is 15.0. The summed E-state index contributed by atoms with van der Waals surface area (Å²) >= 11 is 0. The van der Waals surface area contributed by atoms with E-state index in [2.05, 4.69) is 31.3 Å². The first-order valence-corrected chi connectivity index (χ1v) is 21.7. The fourth-order valence-corrected chi connectivity index (χ4v) is 6.34. The highest BCUT2D eigenvalue weighted by atomic mass is 31.2. The van der Waals surface area contributed by atoms with Gasteiger partial charge in [-0.25, -0.2) is 0 Å². The topological polar surface area (TPSA) is 108 Å². The molecule has 0 saturated carbocycles. The number of unbranched alkanes of at least 4 members (excludes halogenated alkanes) is 21. The van der Waals surface area contributed by atoms with E-state index in [9.17, 15) is 19.4 Å². The number of aliphatic hydroxyl groups is 1. The van der Waals surface area contributed by atoms with E-state index < -0.39 is 20.0 Å². The predicted molar refractivity (Wildman–Crippen MR) is 205 cm³/mol. The zero-order chi connectivity index (χ0) is 36.5. The SMILES string of the molecule is CCCCCC/C=C\CCCCCCCC(=O)NC(COP(=O)([O-])OCC[N+](C)(C)C)C(O)/C=C/CCCCCCCCCCCCCC. The van der Waals surface area contributed by atoms with Crippen molar-refractivity contribution < 1.29 is 32.9 Å². The molecule has 3 atom stereocenters. The van der Waals surface area contributed by atoms with Crippen molar-refractivity contribution in [2.24, 2.45) is 0 Å². The normalized spacial score (nSPS) is 14.8. The summed E-state index contributed by atoms with van der Waals surface area (Å²) in [5, 5.41) is 13.7. The van der Waals surface area contributed by atoms with Crippen molar-refractivity contribution in [1.29, 1.82) is 0 Å². The van der Waals surface area contributed by atoms with E-state index in [4.69, 9.17) is 9.05 Å². The second kappa shape index (κ2) is 32.9. The maximum atomic E-state index is 12.8. The summed E-state index contributed by atoms with van der Waals surface area (Å²) in [4.78, 5) is 25.2. The van der Waals surface area contributed by atoms with E-state index in [1.165, 1.54) is 103 Å². The first-order chi connectivity index (χ1) is 23.5. The highest BCUT2D eigenvalue weighted by molar-refractivity contribution is 7.45. The minimum atomic E-state index is -4.58. The number of carbonyl (C=O) groups excluding carboxylic acids is 1. The number of amides is 1. The highest BCUT2D eigenvalue weighted by Crippen LogP contribution is 2.38. The molecule has 0 aromatic carbocycles. The Hall–Kier alpha value is -1.02. The van der Waals surface area contributed by atoms with Gasteiger partial charge in [-0.1, -0.05) is 147 Å². The number of hydrogen-bond donors (Lipinski definition) is 2. The van der Waals surface area contributed by atoms with Crippen LogP contribution in [0.5, 0.6) is 0 Å². The molecule has 0 bridgehead atoms. The molecule has 1 amide bonds. The predicted octanol–water partition coefficient (Wildman–Crippen LogP) is 9.94. The highest BCUT2D eigenvalue weighted by Gasteiger charge is 2.23. The molecule has 0 aromatic heterocycles. The summed E-state index contributed by atoms with van der Waals surface area (Å²) in [6, 6.07) is -0.885. The Labute approximate surface area is 303 Å². The van der Waals surface area contributed by atoms with E-state index in [0.717, 1.165) is 51.4 Å². The third-order valence-corrected chi connectivity index (χ3v) is 9.87. The second-order valence-corrected chi connectivity index (χ2v) is 16.4. The van der Waals surface area contributed by atoms with Gasteiger partial charge in [-0.15, -0.1) is 0 Å². The van der Waals surface area contributed by atoms with Gasteiger partial charge in [0.1, 0.15) is 13.2 Å². The van der Waals surface area contributed by atoms with Gasteiger partial charge in [-0.2, -0.15) is 0 Å². The Morgan fingerprint density at radius 1 is 0.694 bits per heavy atom. The van der Waals surface area contributed by atoms with Gasteiger partial charge in [0, 0.05) is 6.42 Å². The van der Waals surface area contributed by atoms with Gasteiger partial charge in [0.2, 0.25) is 5.91 Å². The molecular formula is C40H79N2O6P. The van der Waals surface area contributed by atoms with Crippen molar-refractivity contribution in [1.82, 2.24) is 5.32 Å². The quantitative estimate of drug-likeness (QED) is 0.0290. The molecule has 2 N–H and O–H groups in total. The first-order valence-electron chi connectivity index (χ1n) is 20.2. The molecule has 49 heavy (non-hydrogen) atoms. The number of carbonyl (C=O) groups is 1. The maximum Gasteiger partial charge on any atom is 0.268 e. The number of phosphoric ester groups is 1. The molecule has 0 aliphatic carbocycles. The molecule has 0 aliphatic rings. The third-order valence-electron chi connectivity index (χ3n) is 8.91. The Morgan fingerprint density at radius 2 is 1.12 bits per heavy atom. The van der Waals surface area contributed by atoms with Crippen LogP contribution in [0.3, 0.4) is 0 Å². The zero-order valence-corrected chi connectivity index (χ0v) is 33.5. The Balaban J connectivity index is 4.52. The van der Waals surface area contributed by atoms with Crippen LogP contribution in [0, 0.1) is 0 Å². The van der Waals surface area contributed by atoms with Crippen molar-refractivity contribution in [2.75, 3.05) is 40.9 Å². The molecule has 0 aliphatic heterocycles. The van der Waals surface area contributed by atoms with E-state index in [1.54, 1.807) is 6.08 Å². The molecule has 0 heterocycles. The number of rotatable bonds is 36. The van der Waals surface area contributed by atoms with E-state index in [0.29, 0.717) is 17.4 Å². The molecule has 0 fully saturated rings. The smallest absolute Gasteiger partial charge is 0.268 e. The van der Waals surface area contributed by atoms with E-state index in [-0.39, 0.29) is 19.1 Å². The molecule has 8 nitrogen and oxygen atoms in total. The zero-order valence-electron chi connectivity index (χ0n) is 32.6. The van der Waals surface area contributed by atoms with Crippen molar-refractivity contribution in [3.63, 3.8) is 0 Å². The number of likely N-dealkylation sites (N-methyl/N-ethyl adjacent to an activating group) is 1. The maximum absolute atomic E-state index is 12.8. The molecule has 0 radical (unpaired) electrons. The summed E-state index contributed by atoms with van der Waals surface area (Å²) in [5.74, 6) is -0.209. The van der Waals surface area contributed by atoms with Crippen LogP contribution in [-0.2, 0) is 18.4 Å². The largest absolute Gasteiger partial charge is 0.756 e. The van der Waals surface area contributed by atoms with Crippen molar-refractivity contribution in [3.05, 3.63) is 24.3 Å². The van der Waals surface area contributed by atoms with Crippen LogP contribution in [0.1, 0.15) is 174 Å². The molecule has 0 rings (SSSR count). The van der Waals surface area contributed by atoms with Gasteiger partial charge in [0.15, 0.2) is 0 Å². The van der Waals surface area contributed by atoms with E-state index >= 15 is 0 Å². The van der Waals surface area contributed by atoms with Crippen LogP contribution in [0.25, 0.3) is 0 Å². The van der Waals surface area contributed by atoms with Crippen molar-refractivity contribution in [2.45, 2.75) is 187 Å². The number of aliphatic hydroxyl groups excluding tert-OH is 1. The standard InChI is InChI=1S/C40H79N2O6P/c1-6-8-10-12-14-16-18-20-22-23-25-27-29-31-33-39(43)38(37-48-49(45,46)47-36-35-42(3,4)5)41-40(44)34-32-30-28-26-24-21-19-17-15-13-11-9-7-2/h17,19,31,33,38-39,43H,6-16,18,20-30,32,34-37H2,1-5H3,(H-,41,44,45,46)/b19-17-,33-31+. The fraction of sp³-hybridized carbons (Fsp3) is 0.875. The van der Waals surface area contributed by atoms with Gasteiger partial charge in [0.05, 0.1) is 39.9 Å². The molecule has 290 valence electrons. The molecule has 0 saturated heterocycles. The average Bonchev–Trinajstić information content (AvgIpc) is 3.04. The lowest BCUT2D eigenvalue weighted by atomic mass is 10.0.